The number of amides is 1. The first-order valence-electron chi connectivity index (χ1n) is 8.36. The van der Waals surface area contributed by atoms with Gasteiger partial charge in [0.2, 0.25) is 5.91 Å². The fraction of sp³-hybridized carbons (Fsp3) is 0.938. The van der Waals surface area contributed by atoms with E-state index in [1.807, 2.05) is 13.8 Å². The van der Waals surface area contributed by atoms with E-state index in [0.717, 1.165) is 31.5 Å². The molecule has 0 radical (unpaired) electrons. The summed E-state index contributed by atoms with van der Waals surface area (Å²) in [5, 5.41) is 3.27. The van der Waals surface area contributed by atoms with Gasteiger partial charge in [0.25, 0.3) is 0 Å². The van der Waals surface area contributed by atoms with Crippen molar-refractivity contribution < 1.29 is 4.79 Å². The zero-order valence-corrected chi connectivity index (χ0v) is 13.2. The predicted octanol–water partition coefficient (Wildman–Crippen LogP) is 1.88. The summed E-state index contributed by atoms with van der Waals surface area (Å²) >= 11 is 0. The first-order chi connectivity index (χ1) is 9.57. The number of nitrogens with one attached hydrogen (secondary N) is 1. The topological polar surface area (TPSA) is 58.4 Å². The molecule has 0 bridgehead atoms. The normalized spacial score (nSPS) is 27.8. The van der Waals surface area contributed by atoms with Gasteiger partial charge in [-0.1, -0.05) is 19.8 Å². The second-order valence-corrected chi connectivity index (χ2v) is 6.77. The molecule has 0 aromatic heterocycles. The second kappa shape index (κ2) is 6.90. The van der Waals surface area contributed by atoms with E-state index >= 15 is 0 Å². The van der Waals surface area contributed by atoms with Crippen LogP contribution in [0.4, 0.5) is 0 Å². The van der Waals surface area contributed by atoms with Crippen molar-refractivity contribution in [1.29, 1.82) is 0 Å². The Labute approximate surface area is 123 Å². The van der Waals surface area contributed by atoms with Crippen molar-refractivity contribution in [2.75, 3.05) is 19.6 Å². The second-order valence-electron chi connectivity index (χ2n) is 6.77. The quantitative estimate of drug-likeness (QED) is 0.749. The van der Waals surface area contributed by atoms with Crippen LogP contribution >= 0.6 is 0 Å². The van der Waals surface area contributed by atoms with E-state index in [1.165, 1.54) is 45.1 Å². The minimum absolute atomic E-state index is 0.226. The van der Waals surface area contributed by atoms with Gasteiger partial charge in [0.1, 0.15) is 0 Å². The monoisotopic (exact) mass is 281 g/mol. The number of likely N-dealkylation sites (tertiary alicyclic amines) is 1. The molecule has 1 saturated carbocycles. The highest BCUT2D eigenvalue weighted by molar-refractivity contribution is 5.84. The Morgan fingerprint density at radius 1 is 1.30 bits per heavy atom. The lowest BCUT2D eigenvalue weighted by Gasteiger charge is -2.33. The number of carbonyl (C=O) groups excluding carboxylic acids is 1. The summed E-state index contributed by atoms with van der Waals surface area (Å²) < 4.78 is 0. The third kappa shape index (κ3) is 3.53. The van der Waals surface area contributed by atoms with E-state index < -0.39 is 5.54 Å². The molecule has 1 amide bonds. The Morgan fingerprint density at radius 3 is 2.60 bits per heavy atom. The molecule has 20 heavy (non-hydrogen) atoms. The maximum atomic E-state index is 11.7. The zero-order valence-electron chi connectivity index (χ0n) is 13.2. The fourth-order valence-corrected chi connectivity index (χ4v) is 4.06. The molecule has 1 aliphatic carbocycles. The van der Waals surface area contributed by atoms with E-state index in [2.05, 4.69) is 10.2 Å². The average molecular weight is 281 g/mol. The van der Waals surface area contributed by atoms with Crippen molar-refractivity contribution in [2.45, 2.75) is 70.4 Å². The van der Waals surface area contributed by atoms with Crippen LogP contribution in [0.3, 0.4) is 0 Å². The van der Waals surface area contributed by atoms with Crippen molar-refractivity contribution in [2.24, 2.45) is 11.7 Å². The maximum Gasteiger partial charge on any atom is 0.237 e. The first kappa shape index (κ1) is 15.8. The van der Waals surface area contributed by atoms with Crippen LogP contribution in [0.1, 0.15) is 58.8 Å². The molecule has 116 valence electrons. The number of hydrogen-bond acceptors (Lipinski definition) is 3. The van der Waals surface area contributed by atoms with Gasteiger partial charge in [0, 0.05) is 12.6 Å². The zero-order chi connectivity index (χ0) is 14.6. The van der Waals surface area contributed by atoms with Crippen LogP contribution < -0.4 is 11.1 Å². The minimum atomic E-state index is -0.558. The van der Waals surface area contributed by atoms with Gasteiger partial charge in [0.15, 0.2) is 0 Å². The highest BCUT2D eigenvalue weighted by Gasteiger charge is 2.36. The molecule has 0 spiro atoms. The molecule has 4 nitrogen and oxygen atoms in total. The van der Waals surface area contributed by atoms with Crippen LogP contribution in [0.5, 0.6) is 0 Å². The van der Waals surface area contributed by atoms with Crippen LogP contribution in [-0.2, 0) is 4.79 Å². The van der Waals surface area contributed by atoms with E-state index in [1.54, 1.807) is 0 Å². The maximum absolute atomic E-state index is 11.7. The van der Waals surface area contributed by atoms with Gasteiger partial charge < -0.3 is 16.0 Å². The molecule has 2 rings (SSSR count). The molecule has 0 aromatic carbocycles. The van der Waals surface area contributed by atoms with Crippen molar-refractivity contribution in [1.82, 2.24) is 10.2 Å². The Bertz CT molecular complexity index is 328. The molecule has 4 heteroatoms. The molecule has 0 aromatic rings. The fourth-order valence-electron chi connectivity index (χ4n) is 4.06. The number of hydrogen-bond donors (Lipinski definition) is 2. The SMILES string of the molecule is CCNC(C)(CCN1CCCC1C1CCCC1)C(N)=O. The Kier molecular flexibility index (Phi) is 5.44. The summed E-state index contributed by atoms with van der Waals surface area (Å²) in [7, 11) is 0. The Hall–Kier alpha value is -0.610. The van der Waals surface area contributed by atoms with Crippen molar-refractivity contribution in [3.63, 3.8) is 0 Å². The van der Waals surface area contributed by atoms with Crippen molar-refractivity contribution in [3.8, 4) is 0 Å². The number of nitrogens with zero attached hydrogens (tertiary/aromatic N) is 1. The van der Waals surface area contributed by atoms with Crippen molar-refractivity contribution in [3.05, 3.63) is 0 Å². The summed E-state index contributed by atoms with van der Waals surface area (Å²) in [4.78, 5) is 14.3. The van der Waals surface area contributed by atoms with Gasteiger partial charge in [-0.15, -0.1) is 0 Å². The van der Waals surface area contributed by atoms with Gasteiger partial charge in [-0.2, -0.15) is 0 Å². The van der Waals surface area contributed by atoms with Gasteiger partial charge in [-0.3, -0.25) is 4.79 Å². The Morgan fingerprint density at radius 2 is 2.00 bits per heavy atom. The number of primary amides is 1. The molecular weight excluding hydrogens is 250 g/mol. The lowest BCUT2D eigenvalue weighted by molar-refractivity contribution is -0.124. The molecular formula is C16H31N3O. The molecule has 1 heterocycles. The molecule has 1 saturated heterocycles. The molecule has 2 aliphatic rings. The molecule has 2 atom stereocenters. The van der Waals surface area contributed by atoms with E-state index in [-0.39, 0.29) is 5.91 Å². The van der Waals surface area contributed by atoms with E-state index in [4.69, 9.17) is 5.73 Å². The first-order valence-corrected chi connectivity index (χ1v) is 8.36. The average Bonchev–Trinajstić information content (AvgIpc) is 3.07. The number of carbonyl (C=O) groups is 1. The van der Waals surface area contributed by atoms with Crippen LogP contribution in [0.15, 0.2) is 0 Å². The third-order valence-corrected chi connectivity index (χ3v) is 5.37. The predicted molar refractivity (Wildman–Crippen MR) is 82.4 cm³/mol. The minimum Gasteiger partial charge on any atom is -0.368 e. The van der Waals surface area contributed by atoms with Gasteiger partial charge in [-0.25, -0.2) is 0 Å². The Balaban J connectivity index is 1.89. The molecule has 3 N–H and O–H groups in total. The van der Waals surface area contributed by atoms with E-state index in [9.17, 15) is 4.79 Å². The number of nitrogens with two attached hydrogens (primary N) is 1. The lowest BCUT2D eigenvalue weighted by atomic mass is 9.93. The van der Waals surface area contributed by atoms with Gasteiger partial charge in [-0.05, 0) is 58.0 Å². The molecule has 1 aliphatic heterocycles. The highest BCUT2D eigenvalue weighted by atomic mass is 16.1. The van der Waals surface area contributed by atoms with E-state index in [0.29, 0.717) is 0 Å². The van der Waals surface area contributed by atoms with Crippen molar-refractivity contribution >= 4 is 5.91 Å². The number of rotatable bonds is 7. The van der Waals surface area contributed by atoms with Gasteiger partial charge >= 0.3 is 0 Å². The standard InChI is InChI=1S/C16H31N3O/c1-3-18-16(2,15(17)20)10-12-19-11-6-9-14(19)13-7-4-5-8-13/h13-14,18H,3-12H2,1-2H3,(H2,17,20). The largest absolute Gasteiger partial charge is 0.368 e. The summed E-state index contributed by atoms with van der Waals surface area (Å²) in [6, 6.07) is 0.760. The highest BCUT2D eigenvalue weighted by Crippen LogP contribution is 2.35. The smallest absolute Gasteiger partial charge is 0.237 e. The molecule has 2 fully saturated rings. The summed E-state index contributed by atoms with van der Waals surface area (Å²) in [5.74, 6) is 0.674. The van der Waals surface area contributed by atoms with Gasteiger partial charge in [0.05, 0.1) is 5.54 Å². The summed E-state index contributed by atoms with van der Waals surface area (Å²) in [5.41, 5.74) is 5.02. The number of likely N-dealkylation sites (N-methyl/N-ethyl adjacent to an activating group) is 1. The van der Waals surface area contributed by atoms with Crippen LogP contribution in [0.2, 0.25) is 0 Å². The molecule has 2 unspecified atom stereocenters. The lowest BCUT2D eigenvalue weighted by Crippen LogP contribution is -2.55. The van der Waals surface area contributed by atoms with Crippen LogP contribution in [0.25, 0.3) is 0 Å². The summed E-state index contributed by atoms with van der Waals surface area (Å²) in [6.07, 6.45) is 9.11. The van der Waals surface area contributed by atoms with Crippen LogP contribution in [-0.4, -0.2) is 42.0 Å². The van der Waals surface area contributed by atoms with Crippen LogP contribution in [0, 0.1) is 5.92 Å². The summed E-state index contributed by atoms with van der Waals surface area (Å²) in [6.45, 7) is 6.94. The third-order valence-electron chi connectivity index (χ3n) is 5.37.